The summed E-state index contributed by atoms with van der Waals surface area (Å²) >= 11 is 0. The summed E-state index contributed by atoms with van der Waals surface area (Å²) in [6, 6.07) is 20.6. The Bertz CT molecular complexity index is 970. The van der Waals surface area contributed by atoms with E-state index in [0.717, 1.165) is 23.1 Å². The van der Waals surface area contributed by atoms with Gasteiger partial charge >= 0.3 is 0 Å². The van der Waals surface area contributed by atoms with E-state index in [-0.39, 0.29) is 11.8 Å². The zero-order valence-corrected chi connectivity index (χ0v) is 15.5. The molecule has 0 bridgehead atoms. The van der Waals surface area contributed by atoms with Crippen LogP contribution in [0.2, 0.25) is 0 Å². The smallest absolute Gasteiger partial charge is 0.228 e. The van der Waals surface area contributed by atoms with Crippen LogP contribution in [0.1, 0.15) is 30.0 Å². The van der Waals surface area contributed by atoms with Crippen molar-refractivity contribution in [3.63, 3.8) is 0 Å². The summed E-state index contributed by atoms with van der Waals surface area (Å²) in [4.78, 5) is 21.6. The van der Waals surface area contributed by atoms with E-state index in [0.29, 0.717) is 6.42 Å². The zero-order chi connectivity index (χ0) is 19.2. The average molecular weight is 360 g/mol. The molecular formula is C23H24N2O2. The Hall–Kier alpha value is -3.14. The molecule has 3 aromatic rings. The number of hydrogen-bond donors (Lipinski definition) is 2. The maximum atomic E-state index is 12.4. The molecule has 138 valence electrons. The first kappa shape index (κ1) is 18.6. The molecule has 0 fully saturated rings. The lowest BCUT2D eigenvalue weighted by atomic mass is 10.0. The summed E-state index contributed by atoms with van der Waals surface area (Å²) in [6.07, 6.45) is 3.92. The van der Waals surface area contributed by atoms with Gasteiger partial charge in [0.05, 0.1) is 6.42 Å². The van der Waals surface area contributed by atoms with Crippen molar-refractivity contribution < 1.29 is 9.59 Å². The summed E-state index contributed by atoms with van der Waals surface area (Å²) < 4.78 is 0. The number of benzene rings is 3. The van der Waals surface area contributed by atoms with Gasteiger partial charge in [0.25, 0.3) is 0 Å². The average Bonchev–Trinajstić information content (AvgIpc) is 3.09. The summed E-state index contributed by atoms with van der Waals surface area (Å²) in [5, 5.41) is 5.37. The van der Waals surface area contributed by atoms with E-state index in [1.807, 2.05) is 30.3 Å². The van der Waals surface area contributed by atoms with Gasteiger partial charge in [-0.1, -0.05) is 48.5 Å². The number of primary amides is 1. The number of carbonyl (C=O) groups excluding carboxylic acids is 2. The third-order valence-corrected chi connectivity index (χ3v) is 4.61. The largest absolute Gasteiger partial charge is 0.370 e. The fourth-order valence-electron chi connectivity index (χ4n) is 3.47. The minimum atomic E-state index is -0.333. The highest BCUT2D eigenvalue weighted by Gasteiger charge is 2.12. The van der Waals surface area contributed by atoms with Gasteiger partial charge in [0.2, 0.25) is 11.8 Å². The maximum absolute atomic E-state index is 12.4. The molecule has 0 aliphatic heterocycles. The maximum Gasteiger partial charge on any atom is 0.228 e. The molecule has 0 aromatic heterocycles. The Morgan fingerprint density at radius 2 is 1.67 bits per heavy atom. The summed E-state index contributed by atoms with van der Waals surface area (Å²) in [7, 11) is 0. The lowest BCUT2D eigenvalue weighted by molar-refractivity contribution is -0.116. The number of carbonyl (C=O) groups is 2. The van der Waals surface area contributed by atoms with Crippen molar-refractivity contribution in [3.05, 3.63) is 77.4 Å². The third kappa shape index (κ3) is 4.94. The Kier molecular flexibility index (Phi) is 5.87. The van der Waals surface area contributed by atoms with Gasteiger partial charge in [-0.3, -0.25) is 9.59 Å². The molecule has 4 nitrogen and oxygen atoms in total. The van der Waals surface area contributed by atoms with Crippen molar-refractivity contribution in [3.8, 4) is 0 Å². The van der Waals surface area contributed by atoms with Gasteiger partial charge in [0.1, 0.15) is 0 Å². The van der Waals surface area contributed by atoms with Crippen LogP contribution >= 0.6 is 0 Å². The predicted molar refractivity (Wildman–Crippen MR) is 110 cm³/mol. The van der Waals surface area contributed by atoms with Crippen LogP contribution < -0.4 is 11.1 Å². The van der Waals surface area contributed by atoms with Gasteiger partial charge in [0, 0.05) is 12.6 Å². The topological polar surface area (TPSA) is 72.2 Å². The summed E-state index contributed by atoms with van der Waals surface area (Å²) in [5.74, 6) is -0.292. The van der Waals surface area contributed by atoms with Crippen LogP contribution in [0.25, 0.3) is 10.8 Å². The molecule has 0 heterocycles. The molecule has 0 spiro atoms. The summed E-state index contributed by atoms with van der Waals surface area (Å²) in [5.41, 5.74) is 9.27. The lowest BCUT2D eigenvalue weighted by Gasteiger charge is -2.09. The van der Waals surface area contributed by atoms with Crippen LogP contribution in [0.15, 0.2) is 60.7 Å². The molecule has 3 N–H and O–H groups in total. The van der Waals surface area contributed by atoms with E-state index in [2.05, 4.69) is 41.4 Å². The quantitative estimate of drug-likeness (QED) is 0.741. The number of nitrogens with one attached hydrogen (secondary N) is 1. The zero-order valence-electron chi connectivity index (χ0n) is 15.5. The number of amides is 2. The van der Waals surface area contributed by atoms with Gasteiger partial charge in [-0.15, -0.1) is 0 Å². The molecule has 1 aliphatic carbocycles. The van der Waals surface area contributed by atoms with E-state index in [9.17, 15) is 9.59 Å². The Morgan fingerprint density at radius 3 is 2.48 bits per heavy atom. The minimum absolute atomic E-state index is 0.0410. The normalized spacial score (nSPS) is 12.0. The molecule has 0 saturated carbocycles. The van der Waals surface area contributed by atoms with E-state index in [1.54, 1.807) is 0 Å². The molecule has 27 heavy (non-hydrogen) atoms. The van der Waals surface area contributed by atoms with Crippen molar-refractivity contribution in [2.24, 2.45) is 5.73 Å². The highest BCUT2D eigenvalue weighted by Crippen LogP contribution is 2.25. The van der Waals surface area contributed by atoms with Gasteiger partial charge in [-0.2, -0.15) is 0 Å². The van der Waals surface area contributed by atoms with E-state index >= 15 is 0 Å². The fraction of sp³-hybridized carbons (Fsp3) is 0.217. The highest BCUT2D eigenvalue weighted by atomic mass is 16.1. The Morgan fingerprint density at radius 1 is 0.963 bits per heavy atom. The monoisotopic (exact) mass is 360 g/mol. The molecule has 0 radical (unpaired) electrons. The van der Waals surface area contributed by atoms with Crippen molar-refractivity contribution in [1.82, 2.24) is 0 Å². The highest BCUT2D eigenvalue weighted by molar-refractivity contribution is 5.96. The molecule has 2 amide bonds. The van der Waals surface area contributed by atoms with E-state index in [4.69, 9.17) is 0 Å². The van der Waals surface area contributed by atoms with Crippen molar-refractivity contribution in [2.75, 3.05) is 5.32 Å². The molecule has 4 rings (SSSR count). The van der Waals surface area contributed by atoms with Crippen LogP contribution in [-0.4, -0.2) is 11.8 Å². The minimum Gasteiger partial charge on any atom is -0.370 e. The second kappa shape index (κ2) is 8.49. The van der Waals surface area contributed by atoms with Crippen molar-refractivity contribution in [2.45, 2.75) is 32.6 Å². The van der Waals surface area contributed by atoms with Gasteiger partial charge in [0.15, 0.2) is 0 Å². The fourth-order valence-corrected chi connectivity index (χ4v) is 3.47. The Balaban J connectivity index is 0.000000481. The summed E-state index contributed by atoms with van der Waals surface area (Å²) in [6.45, 7) is 1.31. The van der Waals surface area contributed by atoms with Gasteiger partial charge in [-0.05, 0) is 58.9 Å². The lowest BCUT2D eigenvalue weighted by Crippen LogP contribution is -2.14. The predicted octanol–water partition coefficient (Wildman–Crippen LogP) is 4.00. The van der Waals surface area contributed by atoms with Crippen LogP contribution in [0.3, 0.4) is 0 Å². The molecule has 4 heteroatoms. The molecular weight excluding hydrogens is 336 g/mol. The molecule has 3 aromatic carbocycles. The number of nitrogens with two attached hydrogens (primary N) is 1. The first-order valence-corrected chi connectivity index (χ1v) is 9.17. The van der Waals surface area contributed by atoms with Crippen LogP contribution in [0.4, 0.5) is 5.69 Å². The number of rotatable bonds is 3. The molecule has 1 aliphatic rings. The molecule has 0 atom stereocenters. The number of anilines is 1. The SMILES string of the molecule is CC(N)=O.O=C(Cc1cccc2ccccc12)Nc1ccc2c(c1)CCC2. The van der Waals surface area contributed by atoms with Gasteiger partial charge in [-0.25, -0.2) is 0 Å². The third-order valence-electron chi connectivity index (χ3n) is 4.61. The standard InChI is InChI=1S/C21H19NO.C2H5NO/c23-21(22-19-12-11-15-6-3-8-17(15)13-19)14-18-9-4-7-16-5-1-2-10-20(16)18;1-2(3)4/h1-2,4-5,7,9-13H,3,6,8,14H2,(H,22,23);1H3,(H2,3,4). The van der Waals surface area contributed by atoms with Crippen molar-refractivity contribution >= 4 is 28.3 Å². The van der Waals surface area contributed by atoms with Crippen molar-refractivity contribution in [1.29, 1.82) is 0 Å². The van der Waals surface area contributed by atoms with E-state index < -0.39 is 0 Å². The molecule has 0 unspecified atom stereocenters. The van der Waals surface area contributed by atoms with E-state index in [1.165, 1.54) is 36.3 Å². The second-order valence-electron chi connectivity index (χ2n) is 6.81. The van der Waals surface area contributed by atoms with Crippen LogP contribution in [0.5, 0.6) is 0 Å². The number of fused-ring (bicyclic) bond motifs is 2. The second-order valence-corrected chi connectivity index (χ2v) is 6.81. The number of hydrogen-bond acceptors (Lipinski definition) is 2. The van der Waals surface area contributed by atoms with Crippen LogP contribution in [0, 0.1) is 0 Å². The molecule has 0 saturated heterocycles. The van der Waals surface area contributed by atoms with Crippen LogP contribution in [-0.2, 0) is 28.9 Å². The van der Waals surface area contributed by atoms with Gasteiger partial charge < -0.3 is 11.1 Å². The first-order valence-electron chi connectivity index (χ1n) is 9.17. The first-order chi connectivity index (χ1) is 13.0. The number of aryl methyl sites for hydroxylation is 2. The Labute approximate surface area is 159 Å².